The molecule has 3 heteroatoms. The van der Waals surface area contributed by atoms with Crippen LogP contribution < -0.4 is 5.73 Å². The average molecular weight is 249 g/mol. The van der Waals surface area contributed by atoms with Crippen LogP contribution in [0.1, 0.15) is 23.6 Å². The van der Waals surface area contributed by atoms with E-state index in [4.69, 9.17) is 5.73 Å². The van der Waals surface area contributed by atoms with Crippen molar-refractivity contribution in [2.45, 2.75) is 18.9 Å². The van der Waals surface area contributed by atoms with Gasteiger partial charge in [0.05, 0.1) is 5.69 Å². The van der Waals surface area contributed by atoms with E-state index >= 15 is 0 Å². The lowest BCUT2D eigenvalue weighted by Gasteiger charge is -2.11. The maximum atomic E-state index is 6.17. The molecule has 19 heavy (non-hydrogen) atoms. The van der Waals surface area contributed by atoms with Crippen LogP contribution in [0.25, 0.3) is 16.9 Å². The molecule has 4 rings (SSSR count). The number of benzene rings is 1. The molecule has 0 radical (unpaired) electrons. The minimum Gasteiger partial charge on any atom is -0.324 e. The van der Waals surface area contributed by atoms with Gasteiger partial charge >= 0.3 is 0 Å². The Morgan fingerprint density at radius 2 is 2.05 bits per heavy atom. The summed E-state index contributed by atoms with van der Waals surface area (Å²) in [6, 6.07) is 12.9. The summed E-state index contributed by atoms with van der Waals surface area (Å²) in [6.07, 6.45) is 5.97. The molecule has 1 atom stereocenters. The van der Waals surface area contributed by atoms with E-state index in [0.29, 0.717) is 0 Å². The first-order valence-corrected chi connectivity index (χ1v) is 6.64. The third-order valence-corrected chi connectivity index (χ3v) is 4.02. The lowest BCUT2D eigenvalue weighted by molar-refractivity contribution is 0.713. The Kier molecular flexibility index (Phi) is 2.23. The van der Waals surface area contributed by atoms with Gasteiger partial charge in [0.2, 0.25) is 0 Å². The van der Waals surface area contributed by atoms with E-state index in [0.717, 1.165) is 18.5 Å². The molecule has 0 saturated heterocycles. The monoisotopic (exact) mass is 249 g/mol. The minimum atomic E-state index is 0.192. The summed E-state index contributed by atoms with van der Waals surface area (Å²) < 4.78 is 2.14. The van der Waals surface area contributed by atoms with Crippen molar-refractivity contribution in [2.75, 3.05) is 0 Å². The smallest absolute Gasteiger partial charge is 0.137 e. The zero-order valence-electron chi connectivity index (χ0n) is 10.6. The van der Waals surface area contributed by atoms with E-state index in [1.807, 2.05) is 18.5 Å². The summed E-state index contributed by atoms with van der Waals surface area (Å²) in [6.45, 7) is 0. The number of hydrogen-bond donors (Lipinski definition) is 1. The summed E-state index contributed by atoms with van der Waals surface area (Å²) >= 11 is 0. The highest BCUT2D eigenvalue weighted by Gasteiger charge is 2.22. The Bertz CT molecular complexity index is 758. The zero-order valence-corrected chi connectivity index (χ0v) is 10.6. The Hall–Kier alpha value is -2.13. The molecule has 2 aromatic heterocycles. The Morgan fingerprint density at radius 3 is 3.00 bits per heavy atom. The van der Waals surface area contributed by atoms with E-state index in [1.54, 1.807) is 0 Å². The van der Waals surface area contributed by atoms with Crippen molar-refractivity contribution >= 4 is 5.65 Å². The van der Waals surface area contributed by atoms with Gasteiger partial charge in [0.1, 0.15) is 5.65 Å². The van der Waals surface area contributed by atoms with Crippen molar-refractivity contribution in [3.63, 3.8) is 0 Å². The van der Waals surface area contributed by atoms with Gasteiger partial charge in [0.15, 0.2) is 0 Å². The SMILES string of the molecule is NC1CCc2c(-c3cccc4nccn34)cccc21. The van der Waals surface area contributed by atoms with Gasteiger partial charge in [-0.25, -0.2) is 4.98 Å². The van der Waals surface area contributed by atoms with Crippen LogP contribution in [0.3, 0.4) is 0 Å². The normalized spacial score (nSPS) is 17.8. The first-order valence-electron chi connectivity index (χ1n) is 6.64. The average Bonchev–Trinajstić information content (AvgIpc) is 3.05. The molecule has 0 aliphatic heterocycles. The van der Waals surface area contributed by atoms with Crippen LogP contribution in [0.15, 0.2) is 48.8 Å². The topological polar surface area (TPSA) is 43.3 Å². The van der Waals surface area contributed by atoms with Crippen LogP contribution in [-0.2, 0) is 6.42 Å². The first-order chi connectivity index (χ1) is 9.34. The molecule has 94 valence electrons. The maximum absolute atomic E-state index is 6.17. The van der Waals surface area contributed by atoms with Crippen LogP contribution in [-0.4, -0.2) is 9.38 Å². The third kappa shape index (κ3) is 1.52. The maximum Gasteiger partial charge on any atom is 0.137 e. The number of pyridine rings is 1. The van der Waals surface area contributed by atoms with Crippen molar-refractivity contribution in [1.82, 2.24) is 9.38 Å². The highest BCUT2D eigenvalue weighted by atomic mass is 15.0. The van der Waals surface area contributed by atoms with Crippen molar-refractivity contribution in [1.29, 1.82) is 0 Å². The lowest BCUT2D eigenvalue weighted by Crippen LogP contribution is -2.05. The molecule has 1 aromatic carbocycles. The van der Waals surface area contributed by atoms with Gasteiger partial charge in [0, 0.05) is 24.0 Å². The quantitative estimate of drug-likeness (QED) is 0.720. The van der Waals surface area contributed by atoms with E-state index in [-0.39, 0.29) is 6.04 Å². The van der Waals surface area contributed by atoms with Gasteiger partial charge in [-0.15, -0.1) is 0 Å². The number of nitrogens with zero attached hydrogens (tertiary/aromatic N) is 2. The largest absolute Gasteiger partial charge is 0.324 e. The molecule has 2 N–H and O–H groups in total. The fourth-order valence-corrected chi connectivity index (χ4v) is 3.09. The minimum absolute atomic E-state index is 0.192. The third-order valence-electron chi connectivity index (χ3n) is 4.02. The molecule has 0 saturated carbocycles. The summed E-state index contributed by atoms with van der Waals surface area (Å²) in [5, 5.41) is 0. The van der Waals surface area contributed by atoms with E-state index in [2.05, 4.69) is 39.7 Å². The van der Waals surface area contributed by atoms with Gasteiger partial charge in [-0.2, -0.15) is 0 Å². The highest BCUT2D eigenvalue weighted by molar-refractivity contribution is 5.69. The van der Waals surface area contributed by atoms with Crippen LogP contribution in [0.5, 0.6) is 0 Å². The number of fused-ring (bicyclic) bond motifs is 2. The Labute approximate surface area is 111 Å². The zero-order chi connectivity index (χ0) is 12.8. The van der Waals surface area contributed by atoms with Crippen molar-refractivity contribution in [2.24, 2.45) is 5.73 Å². The van der Waals surface area contributed by atoms with E-state index in [9.17, 15) is 0 Å². The molecule has 0 amide bonds. The second-order valence-electron chi connectivity index (χ2n) is 5.08. The lowest BCUT2D eigenvalue weighted by atomic mass is 9.99. The first kappa shape index (κ1) is 10.8. The molecule has 2 heterocycles. The van der Waals surface area contributed by atoms with Crippen LogP contribution in [0.2, 0.25) is 0 Å². The number of imidazole rings is 1. The summed E-state index contributed by atoms with van der Waals surface area (Å²) in [7, 11) is 0. The van der Waals surface area contributed by atoms with E-state index in [1.165, 1.54) is 22.4 Å². The molecule has 1 aliphatic rings. The van der Waals surface area contributed by atoms with Gasteiger partial charge in [-0.3, -0.25) is 4.40 Å². The number of rotatable bonds is 1. The molecule has 3 nitrogen and oxygen atoms in total. The Morgan fingerprint density at radius 1 is 1.16 bits per heavy atom. The fraction of sp³-hybridized carbons (Fsp3) is 0.188. The molecule has 1 aliphatic carbocycles. The molecule has 0 spiro atoms. The van der Waals surface area contributed by atoms with Crippen LogP contribution in [0.4, 0.5) is 0 Å². The summed E-state index contributed by atoms with van der Waals surface area (Å²) in [4.78, 5) is 4.35. The van der Waals surface area contributed by atoms with Gasteiger partial charge in [-0.05, 0) is 36.1 Å². The fourth-order valence-electron chi connectivity index (χ4n) is 3.09. The predicted molar refractivity (Wildman–Crippen MR) is 75.9 cm³/mol. The molecular weight excluding hydrogens is 234 g/mol. The molecule has 3 aromatic rings. The van der Waals surface area contributed by atoms with Crippen molar-refractivity contribution < 1.29 is 0 Å². The molecule has 0 fully saturated rings. The van der Waals surface area contributed by atoms with Crippen LogP contribution >= 0.6 is 0 Å². The summed E-state index contributed by atoms with van der Waals surface area (Å²) in [5.74, 6) is 0. The molecule has 1 unspecified atom stereocenters. The predicted octanol–water partition coefficient (Wildman–Crippen LogP) is 2.95. The van der Waals surface area contributed by atoms with Crippen molar-refractivity contribution in [3.8, 4) is 11.3 Å². The summed E-state index contributed by atoms with van der Waals surface area (Å²) in [5.41, 5.74) is 12.3. The van der Waals surface area contributed by atoms with Gasteiger partial charge in [-0.1, -0.05) is 24.3 Å². The number of hydrogen-bond acceptors (Lipinski definition) is 2. The number of nitrogens with two attached hydrogens (primary N) is 1. The van der Waals surface area contributed by atoms with Crippen LogP contribution in [0, 0.1) is 0 Å². The molecular formula is C16H15N3. The number of aromatic nitrogens is 2. The van der Waals surface area contributed by atoms with E-state index < -0.39 is 0 Å². The highest BCUT2D eigenvalue weighted by Crippen LogP contribution is 2.36. The standard InChI is InChI=1S/C16H15N3/c17-14-8-7-11-12(14)3-1-4-13(11)15-5-2-6-16-18-9-10-19(15)16/h1-6,9-10,14H,7-8,17H2. The molecule has 0 bridgehead atoms. The van der Waals surface area contributed by atoms with Gasteiger partial charge in [0.25, 0.3) is 0 Å². The van der Waals surface area contributed by atoms with Gasteiger partial charge < -0.3 is 5.73 Å². The Balaban J connectivity index is 2.01. The second kappa shape index (κ2) is 3.93. The van der Waals surface area contributed by atoms with Crippen molar-refractivity contribution in [3.05, 3.63) is 59.9 Å². The second-order valence-corrected chi connectivity index (χ2v) is 5.08.